The Kier molecular flexibility index (Phi) is 7.18. The SMILES string of the molecule is COc1c(N2CC[C@@H](Oc3ccc([C@H](C)CC(C)=O)cc3)C2)ccnc1OCCC1CC1. The summed E-state index contributed by atoms with van der Waals surface area (Å²) in [6.07, 6.45) is 7.13. The largest absolute Gasteiger partial charge is 0.490 e. The number of hydrogen-bond donors (Lipinski definition) is 0. The van der Waals surface area contributed by atoms with Gasteiger partial charge < -0.3 is 23.9 Å². The molecule has 2 atom stereocenters. The highest BCUT2D eigenvalue weighted by molar-refractivity contribution is 5.76. The molecule has 1 aromatic carbocycles. The molecule has 0 spiro atoms. The maximum absolute atomic E-state index is 11.4. The lowest BCUT2D eigenvalue weighted by atomic mass is 9.96. The second kappa shape index (κ2) is 10.2. The smallest absolute Gasteiger partial charge is 0.259 e. The summed E-state index contributed by atoms with van der Waals surface area (Å²) in [6, 6.07) is 10.1. The van der Waals surface area contributed by atoms with Gasteiger partial charge in [0.1, 0.15) is 17.6 Å². The molecule has 4 rings (SSSR count). The summed E-state index contributed by atoms with van der Waals surface area (Å²) in [5.41, 5.74) is 2.17. The van der Waals surface area contributed by atoms with E-state index < -0.39 is 0 Å². The van der Waals surface area contributed by atoms with Crippen LogP contribution in [0, 0.1) is 5.92 Å². The van der Waals surface area contributed by atoms with Crippen LogP contribution in [0.4, 0.5) is 5.69 Å². The van der Waals surface area contributed by atoms with Crippen LogP contribution in [0.5, 0.6) is 17.4 Å². The van der Waals surface area contributed by atoms with E-state index in [4.69, 9.17) is 14.2 Å². The van der Waals surface area contributed by atoms with Gasteiger partial charge in [0, 0.05) is 25.6 Å². The topological polar surface area (TPSA) is 60.9 Å². The first-order valence-electron chi connectivity index (χ1n) is 11.7. The zero-order valence-electron chi connectivity index (χ0n) is 19.4. The van der Waals surface area contributed by atoms with Crippen molar-refractivity contribution in [3.05, 3.63) is 42.1 Å². The molecular weight excluding hydrogens is 404 g/mol. The minimum atomic E-state index is 0.104. The molecule has 0 amide bonds. The van der Waals surface area contributed by atoms with Crippen molar-refractivity contribution in [3.8, 4) is 17.4 Å². The molecule has 1 saturated heterocycles. The van der Waals surface area contributed by atoms with Crippen LogP contribution in [0.3, 0.4) is 0 Å². The van der Waals surface area contributed by atoms with E-state index in [1.807, 2.05) is 18.2 Å². The van der Waals surface area contributed by atoms with Gasteiger partial charge in [-0.3, -0.25) is 0 Å². The third-order valence-corrected chi connectivity index (χ3v) is 6.35. The number of benzene rings is 1. The van der Waals surface area contributed by atoms with Crippen LogP contribution >= 0.6 is 0 Å². The van der Waals surface area contributed by atoms with Gasteiger partial charge in [-0.05, 0) is 48.9 Å². The first-order chi connectivity index (χ1) is 15.5. The molecule has 2 aromatic rings. The molecule has 2 fully saturated rings. The zero-order valence-corrected chi connectivity index (χ0v) is 19.4. The predicted octanol–water partition coefficient (Wildman–Crippen LogP) is 5.01. The van der Waals surface area contributed by atoms with E-state index in [9.17, 15) is 4.79 Å². The van der Waals surface area contributed by atoms with Crippen molar-refractivity contribution in [2.24, 2.45) is 5.92 Å². The number of ether oxygens (including phenoxy) is 3. The molecule has 0 unspecified atom stereocenters. The van der Waals surface area contributed by atoms with Gasteiger partial charge >= 0.3 is 0 Å². The standard InChI is InChI=1S/C26H34N2O4/c1-18(16-19(2)29)21-6-8-22(9-7-21)32-23-11-14-28(17-23)24-10-13-27-26(25(24)30-3)31-15-12-20-4-5-20/h6-10,13,18,20,23H,4-5,11-12,14-17H2,1-3H3/t18-,23-/m1/s1. The van der Waals surface area contributed by atoms with Crippen molar-refractivity contribution >= 4 is 11.5 Å². The van der Waals surface area contributed by atoms with Crippen molar-refractivity contribution in [1.29, 1.82) is 0 Å². The number of anilines is 1. The molecule has 0 N–H and O–H groups in total. The summed E-state index contributed by atoms with van der Waals surface area (Å²) >= 11 is 0. The van der Waals surface area contributed by atoms with Crippen molar-refractivity contribution in [1.82, 2.24) is 4.98 Å². The lowest BCUT2D eigenvalue weighted by Gasteiger charge is -2.22. The van der Waals surface area contributed by atoms with E-state index in [0.717, 1.165) is 48.8 Å². The summed E-state index contributed by atoms with van der Waals surface area (Å²) in [7, 11) is 1.67. The highest BCUT2D eigenvalue weighted by atomic mass is 16.5. The third kappa shape index (κ3) is 5.72. The number of ketones is 1. The second-order valence-electron chi connectivity index (χ2n) is 9.10. The van der Waals surface area contributed by atoms with Crippen LogP contribution in [0.2, 0.25) is 0 Å². The second-order valence-corrected chi connectivity index (χ2v) is 9.10. The Hall–Kier alpha value is -2.76. The van der Waals surface area contributed by atoms with Crippen LogP contribution < -0.4 is 19.1 Å². The molecule has 1 aromatic heterocycles. The number of carbonyl (C=O) groups is 1. The lowest BCUT2D eigenvalue weighted by molar-refractivity contribution is -0.117. The van der Waals surface area contributed by atoms with Gasteiger partial charge in [-0.2, -0.15) is 0 Å². The third-order valence-electron chi connectivity index (χ3n) is 6.35. The van der Waals surface area contributed by atoms with Gasteiger partial charge in [0.2, 0.25) is 5.75 Å². The normalized spacial score (nSPS) is 19.0. The molecule has 1 aliphatic carbocycles. The van der Waals surface area contributed by atoms with E-state index in [2.05, 4.69) is 28.9 Å². The highest BCUT2D eigenvalue weighted by Gasteiger charge is 2.28. The van der Waals surface area contributed by atoms with Gasteiger partial charge in [0.15, 0.2) is 0 Å². The molecule has 1 saturated carbocycles. The van der Waals surface area contributed by atoms with Gasteiger partial charge in [0.05, 0.1) is 25.9 Å². The molecule has 2 heterocycles. The minimum absolute atomic E-state index is 0.104. The van der Waals surface area contributed by atoms with Gasteiger partial charge in [-0.25, -0.2) is 4.98 Å². The monoisotopic (exact) mass is 438 g/mol. The Morgan fingerprint density at radius 2 is 1.97 bits per heavy atom. The fourth-order valence-corrected chi connectivity index (χ4v) is 4.35. The van der Waals surface area contributed by atoms with Crippen molar-refractivity contribution in [3.63, 3.8) is 0 Å². The van der Waals surface area contributed by atoms with E-state index in [1.165, 1.54) is 12.8 Å². The number of aromatic nitrogens is 1. The highest BCUT2D eigenvalue weighted by Crippen LogP contribution is 2.38. The average molecular weight is 439 g/mol. The van der Waals surface area contributed by atoms with E-state index in [-0.39, 0.29) is 17.8 Å². The first-order valence-corrected chi connectivity index (χ1v) is 11.7. The number of rotatable bonds is 11. The van der Waals surface area contributed by atoms with Crippen LogP contribution in [0.15, 0.2) is 36.5 Å². The minimum Gasteiger partial charge on any atom is -0.490 e. The lowest BCUT2D eigenvalue weighted by Crippen LogP contribution is -2.25. The molecular formula is C26H34N2O4. The van der Waals surface area contributed by atoms with E-state index in [0.29, 0.717) is 24.7 Å². The zero-order chi connectivity index (χ0) is 22.5. The van der Waals surface area contributed by atoms with Crippen molar-refractivity contribution in [2.45, 2.75) is 58.0 Å². The average Bonchev–Trinajstić information content (AvgIpc) is 3.49. The molecule has 32 heavy (non-hydrogen) atoms. The van der Waals surface area contributed by atoms with Gasteiger partial charge in [0.25, 0.3) is 5.88 Å². The summed E-state index contributed by atoms with van der Waals surface area (Å²) in [6.45, 7) is 6.08. The first kappa shape index (κ1) is 22.4. The van der Waals surface area contributed by atoms with Gasteiger partial charge in [-0.1, -0.05) is 31.9 Å². The van der Waals surface area contributed by atoms with E-state index in [1.54, 1.807) is 20.2 Å². The maximum Gasteiger partial charge on any atom is 0.259 e. The molecule has 0 radical (unpaired) electrons. The van der Waals surface area contributed by atoms with Gasteiger partial charge in [-0.15, -0.1) is 0 Å². The van der Waals surface area contributed by atoms with Crippen molar-refractivity contribution in [2.75, 3.05) is 31.7 Å². The molecule has 6 heteroatoms. The predicted molar refractivity (Wildman–Crippen MR) is 125 cm³/mol. The molecule has 1 aliphatic heterocycles. The summed E-state index contributed by atoms with van der Waals surface area (Å²) < 4.78 is 17.9. The number of pyridine rings is 1. The number of Topliss-reactive ketones (excluding diaryl/α,β-unsaturated/α-hetero) is 1. The fourth-order valence-electron chi connectivity index (χ4n) is 4.35. The maximum atomic E-state index is 11.4. The van der Waals surface area contributed by atoms with Crippen LogP contribution in [0.1, 0.15) is 57.4 Å². The number of hydrogen-bond acceptors (Lipinski definition) is 6. The Morgan fingerprint density at radius 1 is 1.19 bits per heavy atom. The number of nitrogens with zero attached hydrogens (tertiary/aromatic N) is 2. The quantitative estimate of drug-likeness (QED) is 0.492. The van der Waals surface area contributed by atoms with Crippen LogP contribution in [-0.2, 0) is 4.79 Å². The van der Waals surface area contributed by atoms with Crippen LogP contribution in [-0.4, -0.2) is 43.7 Å². The van der Waals surface area contributed by atoms with E-state index >= 15 is 0 Å². The molecule has 6 nitrogen and oxygen atoms in total. The molecule has 0 bridgehead atoms. The number of methoxy groups -OCH3 is 1. The fraction of sp³-hybridized carbons (Fsp3) is 0.538. The summed E-state index contributed by atoms with van der Waals surface area (Å²) in [5.74, 6) is 3.40. The summed E-state index contributed by atoms with van der Waals surface area (Å²) in [4.78, 5) is 18.0. The Labute approximate surface area is 190 Å². The van der Waals surface area contributed by atoms with Crippen molar-refractivity contribution < 1.29 is 19.0 Å². The molecule has 2 aliphatic rings. The Bertz CT molecular complexity index is 911. The Balaban J connectivity index is 1.35. The Morgan fingerprint density at radius 3 is 2.66 bits per heavy atom. The summed E-state index contributed by atoms with van der Waals surface area (Å²) in [5, 5.41) is 0. The molecule has 172 valence electrons. The number of carbonyl (C=O) groups excluding carboxylic acids is 1. The van der Waals surface area contributed by atoms with Crippen LogP contribution in [0.25, 0.3) is 0 Å².